The molecular weight excluding hydrogens is 246 g/mol. The fourth-order valence-electron chi connectivity index (χ4n) is 3.74. The second-order valence-electron chi connectivity index (χ2n) is 6.97. The zero-order chi connectivity index (χ0) is 14.9. The van der Waals surface area contributed by atoms with Crippen LogP contribution in [-0.4, -0.2) is 11.7 Å². The maximum absolute atomic E-state index is 10.9. The average molecular weight is 275 g/mol. The Kier molecular flexibility index (Phi) is 4.43. The van der Waals surface area contributed by atoms with Crippen LogP contribution in [0.15, 0.2) is 12.1 Å². The molecule has 112 valence electrons. The predicted octanol–water partition coefficient (Wildman–Crippen LogP) is 4.41. The lowest BCUT2D eigenvalue weighted by Gasteiger charge is -2.33. The van der Waals surface area contributed by atoms with E-state index in [1.807, 2.05) is 0 Å². The molecule has 0 aromatic heterocycles. The second-order valence-corrected chi connectivity index (χ2v) is 6.97. The largest absolute Gasteiger partial charge is 0.507 e. The number of hydrogen-bond acceptors (Lipinski definition) is 2. The summed E-state index contributed by atoms with van der Waals surface area (Å²) in [5.74, 6) is 1.27. The molecule has 0 aliphatic heterocycles. The Bertz CT molecular complexity index is 471. The molecule has 1 aliphatic carbocycles. The first-order chi connectivity index (χ1) is 9.43. The standard InChI is InChI=1S/C18H29NO/c1-12(2)14-7-8-15(13(3)4)17(20)16(14)18(11-19)9-5-6-10-18/h7-8,12-13,20H,5-6,9-11,19H2,1-4H3. The second kappa shape index (κ2) is 5.77. The fourth-order valence-corrected chi connectivity index (χ4v) is 3.74. The van der Waals surface area contributed by atoms with Gasteiger partial charge in [0.15, 0.2) is 0 Å². The first kappa shape index (κ1) is 15.4. The SMILES string of the molecule is CC(C)c1ccc(C(C)C)c(C2(CN)CCCC2)c1O. The number of hydrogen-bond donors (Lipinski definition) is 2. The van der Waals surface area contributed by atoms with Crippen molar-refractivity contribution in [2.75, 3.05) is 6.54 Å². The zero-order valence-electron chi connectivity index (χ0n) is 13.4. The van der Waals surface area contributed by atoms with Gasteiger partial charge in [0.05, 0.1) is 0 Å². The normalized spacial score (nSPS) is 18.1. The van der Waals surface area contributed by atoms with E-state index < -0.39 is 0 Å². The van der Waals surface area contributed by atoms with E-state index in [-0.39, 0.29) is 5.41 Å². The minimum absolute atomic E-state index is 0.00537. The lowest BCUT2D eigenvalue weighted by atomic mass is 9.73. The van der Waals surface area contributed by atoms with Crippen LogP contribution in [0.25, 0.3) is 0 Å². The molecular formula is C18H29NO. The third-order valence-electron chi connectivity index (χ3n) is 4.97. The van der Waals surface area contributed by atoms with Crippen LogP contribution in [0.4, 0.5) is 0 Å². The highest BCUT2D eigenvalue weighted by molar-refractivity contribution is 5.52. The highest BCUT2D eigenvalue weighted by Crippen LogP contribution is 2.48. The van der Waals surface area contributed by atoms with Crippen molar-refractivity contribution in [1.82, 2.24) is 0 Å². The summed E-state index contributed by atoms with van der Waals surface area (Å²) in [6, 6.07) is 4.31. The fraction of sp³-hybridized carbons (Fsp3) is 0.667. The molecule has 20 heavy (non-hydrogen) atoms. The minimum atomic E-state index is -0.00537. The molecule has 0 spiro atoms. The summed E-state index contributed by atoms with van der Waals surface area (Å²) in [5, 5.41) is 10.9. The van der Waals surface area contributed by atoms with Crippen molar-refractivity contribution in [2.24, 2.45) is 5.73 Å². The molecule has 0 unspecified atom stereocenters. The molecule has 1 fully saturated rings. The van der Waals surface area contributed by atoms with Gasteiger partial charge in [0.2, 0.25) is 0 Å². The van der Waals surface area contributed by atoms with Gasteiger partial charge in [0.1, 0.15) is 5.75 Å². The van der Waals surface area contributed by atoms with Crippen molar-refractivity contribution in [2.45, 2.75) is 70.6 Å². The van der Waals surface area contributed by atoms with Gasteiger partial charge in [-0.1, -0.05) is 52.7 Å². The first-order valence-electron chi connectivity index (χ1n) is 7.99. The maximum Gasteiger partial charge on any atom is 0.123 e. The molecule has 2 heteroatoms. The zero-order valence-corrected chi connectivity index (χ0v) is 13.4. The Morgan fingerprint density at radius 3 is 2.00 bits per heavy atom. The van der Waals surface area contributed by atoms with Crippen LogP contribution < -0.4 is 5.73 Å². The van der Waals surface area contributed by atoms with Gasteiger partial charge in [-0.25, -0.2) is 0 Å². The van der Waals surface area contributed by atoms with Crippen LogP contribution in [0.2, 0.25) is 0 Å². The molecule has 0 saturated heterocycles. The van der Waals surface area contributed by atoms with E-state index in [0.717, 1.165) is 24.0 Å². The van der Waals surface area contributed by atoms with Crippen molar-refractivity contribution in [3.63, 3.8) is 0 Å². The molecule has 0 atom stereocenters. The van der Waals surface area contributed by atoms with Crippen LogP contribution in [-0.2, 0) is 5.41 Å². The number of rotatable bonds is 4. The van der Waals surface area contributed by atoms with E-state index in [4.69, 9.17) is 5.73 Å². The smallest absolute Gasteiger partial charge is 0.123 e. The minimum Gasteiger partial charge on any atom is -0.507 e. The Morgan fingerprint density at radius 1 is 1.05 bits per heavy atom. The van der Waals surface area contributed by atoms with Gasteiger partial charge in [-0.05, 0) is 35.8 Å². The molecule has 2 nitrogen and oxygen atoms in total. The molecule has 1 saturated carbocycles. The number of phenolic OH excluding ortho intramolecular Hbond substituents is 1. The third kappa shape index (κ3) is 2.46. The quantitative estimate of drug-likeness (QED) is 0.855. The number of phenols is 1. The van der Waals surface area contributed by atoms with Crippen LogP contribution in [0.1, 0.15) is 81.9 Å². The molecule has 0 radical (unpaired) electrons. The van der Waals surface area contributed by atoms with E-state index in [9.17, 15) is 5.11 Å². The van der Waals surface area contributed by atoms with Gasteiger partial charge < -0.3 is 10.8 Å². The topological polar surface area (TPSA) is 46.2 Å². The summed E-state index contributed by atoms with van der Waals surface area (Å²) in [4.78, 5) is 0. The van der Waals surface area contributed by atoms with Crippen LogP contribution in [0.5, 0.6) is 5.75 Å². The molecule has 0 amide bonds. The van der Waals surface area contributed by atoms with Crippen molar-refractivity contribution < 1.29 is 5.11 Å². The molecule has 1 aromatic carbocycles. The first-order valence-corrected chi connectivity index (χ1v) is 7.99. The summed E-state index contributed by atoms with van der Waals surface area (Å²) in [6.07, 6.45) is 4.66. The maximum atomic E-state index is 10.9. The van der Waals surface area contributed by atoms with Gasteiger partial charge in [-0.2, -0.15) is 0 Å². The van der Waals surface area contributed by atoms with E-state index >= 15 is 0 Å². The summed E-state index contributed by atoms with van der Waals surface area (Å²) in [5.41, 5.74) is 9.64. The Morgan fingerprint density at radius 2 is 1.55 bits per heavy atom. The van der Waals surface area contributed by atoms with E-state index in [0.29, 0.717) is 24.1 Å². The molecule has 1 aliphatic rings. The Hall–Kier alpha value is -1.02. The summed E-state index contributed by atoms with van der Waals surface area (Å²) in [7, 11) is 0. The van der Waals surface area contributed by atoms with Gasteiger partial charge in [-0.15, -0.1) is 0 Å². The molecule has 1 aromatic rings. The van der Waals surface area contributed by atoms with Crippen LogP contribution >= 0.6 is 0 Å². The van der Waals surface area contributed by atoms with Crippen molar-refractivity contribution in [3.8, 4) is 5.75 Å². The number of aromatic hydroxyl groups is 1. The van der Waals surface area contributed by atoms with Crippen LogP contribution in [0, 0.1) is 0 Å². The third-order valence-corrected chi connectivity index (χ3v) is 4.97. The number of benzene rings is 1. The summed E-state index contributed by atoms with van der Waals surface area (Å²) >= 11 is 0. The van der Waals surface area contributed by atoms with Gasteiger partial charge in [0.25, 0.3) is 0 Å². The van der Waals surface area contributed by atoms with E-state index in [1.54, 1.807) is 0 Å². The molecule has 0 heterocycles. The molecule has 2 rings (SSSR count). The predicted molar refractivity (Wildman–Crippen MR) is 85.5 cm³/mol. The van der Waals surface area contributed by atoms with Gasteiger partial charge in [0, 0.05) is 17.5 Å². The monoisotopic (exact) mass is 275 g/mol. The summed E-state index contributed by atoms with van der Waals surface area (Å²) in [6.45, 7) is 9.32. The average Bonchev–Trinajstić information content (AvgIpc) is 2.87. The number of nitrogens with two attached hydrogens (primary N) is 1. The van der Waals surface area contributed by atoms with Crippen molar-refractivity contribution >= 4 is 0 Å². The van der Waals surface area contributed by atoms with Crippen molar-refractivity contribution in [3.05, 3.63) is 28.8 Å². The van der Waals surface area contributed by atoms with Crippen molar-refractivity contribution in [1.29, 1.82) is 0 Å². The summed E-state index contributed by atoms with van der Waals surface area (Å²) < 4.78 is 0. The highest BCUT2D eigenvalue weighted by atomic mass is 16.3. The van der Waals surface area contributed by atoms with E-state index in [2.05, 4.69) is 39.8 Å². The molecule has 3 N–H and O–H groups in total. The molecule has 0 bridgehead atoms. The Labute approximate surface area is 123 Å². The van der Waals surface area contributed by atoms with Crippen LogP contribution in [0.3, 0.4) is 0 Å². The lowest BCUT2D eigenvalue weighted by Crippen LogP contribution is -2.33. The van der Waals surface area contributed by atoms with Gasteiger partial charge in [-0.3, -0.25) is 0 Å². The highest BCUT2D eigenvalue weighted by Gasteiger charge is 2.39. The lowest BCUT2D eigenvalue weighted by molar-refractivity contribution is 0.395. The van der Waals surface area contributed by atoms with Gasteiger partial charge >= 0.3 is 0 Å². The van der Waals surface area contributed by atoms with E-state index in [1.165, 1.54) is 18.4 Å². The Balaban J connectivity index is 2.66.